The number of ether oxygens (including phenoxy) is 1. The van der Waals surface area contributed by atoms with E-state index >= 15 is 0 Å². The fraction of sp³-hybridized carbons (Fsp3) is 0.182. The van der Waals surface area contributed by atoms with Crippen LogP contribution in [0, 0.1) is 13.8 Å². The molecule has 2 aromatic carbocycles. The molecule has 0 saturated carbocycles. The Bertz CT molecular complexity index is 1050. The van der Waals surface area contributed by atoms with Crippen LogP contribution in [-0.4, -0.2) is 21.6 Å². The van der Waals surface area contributed by atoms with Crippen molar-refractivity contribution in [3.8, 4) is 17.1 Å². The zero-order chi connectivity index (χ0) is 17.9. The number of aryl methyl sites for hydroxylation is 2. The van der Waals surface area contributed by atoms with Crippen LogP contribution in [-0.2, 0) is 6.42 Å². The SMILES string of the molecule is Cc1ccc(-c2nccnc2OCCc2c[nH]c3ccccc23)cc1C. The normalized spacial score (nSPS) is 11.0. The number of benzene rings is 2. The summed E-state index contributed by atoms with van der Waals surface area (Å²) in [6.45, 7) is 4.76. The number of rotatable bonds is 5. The van der Waals surface area contributed by atoms with E-state index in [1.165, 1.54) is 22.1 Å². The van der Waals surface area contributed by atoms with E-state index in [1.807, 2.05) is 6.07 Å². The summed E-state index contributed by atoms with van der Waals surface area (Å²) in [6, 6.07) is 14.6. The molecule has 4 heteroatoms. The van der Waals surface area contributed by atoms with Crippen molar-refractivity contribution in [2.45, 2.75) is 20.3 Å². The molecule has 0 aliphatic heterocycles. The molecule has 0 spiro atoms. The van der Waals surface area contributed by atoms with Gasteiger partial charge in [-0.15, -0.1) is 0 Å². The first-order valence-corrected chi connectivity index (χ1v) is 8.79. The van der Waals surface area contributed by atoms with Gasteiger partial charge in [0.05, 0.1) is 6.61 Å². The lowest BCUT2D eigenvalue weighted by molar-refractivity contribution is 0.310. The monoisotopic (exact) mass is 343 g/mol. The van der Waals surface area contributed by atoms with Crippen molar-refractivity contribution in [1.29, 1.82) is 0 Å². The largest absolute Gasteiger partial charge is 0.476 e. The third kappa shape index (κ3) is 3.18. The van der Waals surface area contributed by atoms with E-state index in [9.17, 15) is 0 Å². The van der Waals surface area contributed by atoms with Crippen LogP contribution in [0.4, 0.5) is 0 Å². The third-order valence-electron chi connectivity index (χ3n) is 4.73. The van der Waals surface area contributed by atoms with E-state index in [0.29, 0.717) is 12.5 Å². The van der Waals surface area contributed by atoms with Gasteiger partial charge < -0.3 is 9.72 Å². The van der Waals surface area contributed by atoms with Crippen LogP contribution in [0.3, 0.4) is 0 Å². The predicted octanol–water partition coefficient (Wildman–Crippen LogP) is 4.86. The highest BCUT2D eigenvalue weighted by atomic mass is 16.5. The van der Waals surface area contributed by atoms with Crippen molar-refractivity contribution in [3.05, 3.63) is 77.7 Å². The van der Waals surface area contributed by atoms with Gasteiger partial charge in [-0.3, -0.25) is 0 Å². The zero-order valence-corrected chi connectivity index (χ0v) is 15.0. The van der Waals surface area contributed by atoms with Gasteiger partial charge in [-0.05, 0) is 42.7 Å². The third-order valence-corrected chi connectivity index (χ3v) is 4.73. The average Bonchev–Trinajstić information content (AvgIpc) is 3.08. The van der Waals surface area contributed by atoms with Gasteiger partial charge in [0.1, 0.15) is 5.69 Å². The molecular formula is C22H21N3O. The summed E-state index contributed by atoms with van der Waals surface area (Å²) >= 11 is 0. The number of aromatic amines is 1. The molecule has 1 N–H and O–H groups in total. The minimum absolute atomic E-state index is 0.554. The summed E-state index contributed by atoms with van der Waals surface area (Å²) in [7, 11) is 0. The summed E-state index contributed by atoms with van der Waals surface area (Å²) in [5.74, 6) is 0.579. The first-order chi connectivity index (χ1) is 12.7. The molecule has 4 rings (SSSR count). The smallest absolute Gasteiger partial charge is 0.240 e. The number of para-hydroxylation sites is 1. The van der Waals surface area contributed by atoms with Crippen LogP contribution >= 0.6 is 0 Å². The molecule has 0 bridgehead atoms. The molecule has 0 fully saturated rings. The Morgan fingerprint density at radius 1 is 0.962 bits per heavy atom. The highest BCUT2D eigenvalue weighted by Gasteiger charge is 2.11. The summed E-state index contributed by atoms with van der Waals surface area (Å²) in [4.78, 5) is 12.2. The molecule has 0 aliphatic carbocycles. The molecule has 0 radical (unpaired) electrons. The maximum Gasteiger partial charge on any atom is 0.240 e. The van der Waals surface area contributed by atoms with Crippen molar-refractivity contribution >= 4 is 10.9 Å². The quantitative estimate of drug-likeness (QED) is 0.563. The predicted molar refractivity (Wildman–Crippen MR) is 104 cm³/mol. The fourth-order valence-electron chi connectivity index (χ4n) is 3.11. The molecule has 0 aliphatic rings. The van der Waals surface area contributed by atoms with Gasteiger partial charge in [0, 0.05) is 41.5 Å². The number of nitrogens with zero attached hydrogens (tertiary/aromatic N) is 2. The van der Waals surface area contributed by atoms with Gasteiger partial charge in [-0.25, -0.2) is 9.97 Å². The Kier molecular flexibility index (Phi) is 4.40. The number of hydrogen-bond acceptors (Lipinski definition) is 3. The molecule has 0 amide bonds. The van der Waals surface area contributed by atoms with Crippen molar-refractivity contribution in [3.63, 3.8) is 0 Å². The van der Waals surface area contributed by atoms with Gasteiger partial charge in [0.15, 0.2) is 0 Å². The van der Waals surface area contributed by atoms with E-state index in [2.05, 4.69) is 71.4 Å². The molecule has 0 atom stereocenters. The minimum atomic E-state index is 0.554. The maximum atomic E-state index is 6.00. The Labute approximate surface area is 152 Å². The summed E-state index contributed by atoms with van der Waals surface area (Å²) in [5, 5.41) is 1.24. The Morgan fingerprint density at radius 2 is 1.81 bits per heavy atom. The second-order valence-corrected chi connectivity index (χ2v) is 6.47. The van der Waals surface area contributed by atoms with Crippen molar-refractivity contribution in [2.24, 2.45) is 0 Å². The maximum absolute atomic E-state index is 6.00. The topological polar surface area (TPSA) is 50.8 Å². The van der Waals surface area contributed by atoms with Gasteiger partial charge in [0.2, 0.25) is 5.88 Å². The standard InChI is InChI=1S/C22H21N3O/c1-15-7-8-17(13-16(15)2)21-22(24-11-10-23-21)26-12-9-18-14-25-20-6-4-3-5-19(18)20/h3-8,10-11,13-14,25H,9,12H2,1-2H3. The van der Waals surface area contributed by atoms with Crippen LogP contribution in [0.15, 0.2) is 61.1 Å². The van der Waals surface area contributed by atoms with Crippen LogP contribution < -0.4 is 4.74 Å². The summed E-state index contributed by atoms with van der Waals surface area (Å²) in [6.07, 6.45) is 6.24. The van der Waals surface area contributed by atoms with Crippen LogP contribution in [0.2, 0.25) is 0 Å². The Hall–Kier alpha value is -3.14. The molecule has 4 nitrogen and oxygen atoms in total. The molecule has 26 heavy (non-hydrogen) atoms. The number of aromatic nitrogens is 3. The Morgan fingerprint density at radius 3 is 2.69 bits per heavy atom. The minimum Gasteiger partial charge on any atom is -0.476 e. The number of H-pyrrole nitrogens is 1. The lowest BCUT2D eigenvalue weighted by Crippen LogP contribution is -2.04. The molecule has 130 valence electrons. The molecular weight excluding hydrogens is 322 g/mol. The fourth-order valence-corrected chi connectivity index (χ4v) is 3.11. The molecule has 0 saturated heterocycles. The van der Waals surface area contributed by atoms with E-state index in [1.54, 1.807) is 12.4 Å². The van der Waals surface area contributed by atoms with Gasteiger partial charge >= 0.3 is 0 Å². The van der Waals surface area contributed by atoms with Gasteiger partial charge in [-0.1, -0.05) is 30.3 Å². The number of hydrogen-bond donors (Lipinski definition) is 1. The van der Waals surface area contributed by atoms with E-state index in [4.69, 9.17) is 4.74 Å². The van der Waals surface area contributed by atoms with E-state index in [-0.39, 0.29) is 0 Å². The number of nitrogens with one attached hydrogen (secondary N) is 1. The molecule has 2 heterocycles. The summed E-state index contributed by atoms with van der Waals surface area (Å²) < 4.78 is 6.00. The van der Waals surface area contributed by atoms with Crippen molar-refractivity contribution < 1.29 is 4.74 Å². The average molecular weight is 343 g/mol. The first kappa shape index (κ1) is 16.3. The van der Waals surface area contributed by atoms with E-state index in [0.717, 1.165) is 23.2 Å². The lowest BCUT2D eigenvalue weighted by atomic mass is 10.0. The van der Waals surface area contributed by atoms with Crippen molar-refractivity contribution in [1.82, 2.24) is 15.0 Å². The molecule has 0 unspecified atom stereocenters. The highest BCUT2D eigenvalue weighted by molar-refractivity contribution is 5.83. The molecule has 4 aromatic rings. The second kappa shape index (κ2) is 7.00. The first-order valence-electron chi connectivity index (χ1n) is 8.79. The Balaban J connectivity index is 1.53. The number of fused-ring (bicyclic) bond motifs is 1. The van der Waals surface area contributed by atoms with Gasteiger partial charge in [0.25, 0.3) is 0 Å². The van der Waals surface area contributed by atoms with Gasteiger partial charge in [-0.2, -0.15) is 0 Å². The second-order valence-electron chi connectivity index (χ2n) is 6.47. The summed E-state index contributed by atoms with van der Waals surface area (Å²) in [5.41, 5.74) is 6.71. The highest BCUT2D eigenvalue weighted by Crippen LogP contribution is 2.27. The van der Waals surface area contributed by atoms with E-state index < -0.39 is 0 Å². The van der Waals surface area contributed by atoms with Crippen LogP contribution in [0.5, 0.6) is 5.88 Å². The van der Waals surface area contributed by atoms with Crippen LogP contribution in [0.1, 0.15) is 16.7 Å². The van der Waals surface area contributed by atoms with Crippen molar-refractivity contribution in [2.75, 3.05) is 6.61 Å². The van der Waals surface area contributed by atoms with Crippen LogP contribution in [0.25, 0.3) is 22.2 Å². The zero-order valence-electron chi connectivity index (χ0n) is 15.0. The molecule has 2 aromatic heterocycles. The lowest BCUT2D eigenvalue weighted by Gasteiger charge is -2.10.